The van der Waals surface area contributed by atoms with Crippen LogP contribution in [0, 0.1) is 0 Å². The van der Waals surface area contributed by atoms with Gasteiger partial charge >= 0.3 is 12.3 Å². The van der Waals surface area contributed by atoms with E-state index in [1.807, 2.05) is 18.2 Å². The summed E-state index contributed by atoms with van der Waals surface area (Å²) in [5.74, 6) is -0.360. The first kappa shape index (κ1) is 21.8. The topological polar surface area (TPSA) is 70.7 Å². The van der Waals surface area contributed by atoms with Gasteiger partial charge in [-0.05, 0) is 30.8 Å². The minimum Gasteiger partial charge on any atom is -0.440 e. The molecule has 1 rings (SSSR count). The van der Waals surface area contributed by atoms with Crippen LogP contribution in [0.15, 0.2) is 24.3 Å². The molecule has 0 saturated heterocycles. The van der Waals surface area contributed by atoms with Gasteiger partial charge in [0.1, 0.15) is 0 Å². The van der Waals surface area contributed by atoms with Crippen LogP contribution < -0.4 is 10.6 Å². The predicted octanol–water partition coefficient (Wildman–Crippen LogP) is 3.15. The third-order valence-corrected chi connectivity index (χ3v) is 3.50. The summed E-state index contributed by atoms with van der Waals surface area (Å²) in [6.45, 7) is 4.96. The third kappa shape index (κ3) is 9.26. The van der Waals surface area contributed by atoms with E-state index >= 15 is 0 Å². The number of alkyl halides is 3. The molecule has 9 heteroatoms. The number of nitrogens with zero attached hydrogens (tertiary/aromatic N) is 1. The number of hydrogen-bond donors (Lipinski definition) is 2. The maximum absolute atomic E-state index is 11.9. The fraction of sp³-hybridized carbons (Fsp3) is 0.529. The highest BCUT2D eigenvalue weighted by Crippen LogP contribution is 2.14. The number of nitrogens with one attached hydrogen (secondary N) is 2. The molecule has 0 unspecified atom stereocenters. The van der Waals surface area contributed by atoms with Crippen molar-refractivity contribution >= 4 is 17.7 Å². The number of benzene rings is 1. The van der Waals surface area contributed by atoms with Crippen LogP contribution in [0.4, 0.5) is 23.7 Å². The zero-order valence-corrected chi connectivity index (χ0v) is 14.9. The van der Waals surface area contributed by atoms with Gasteiger partial charge in [0.25, 0.3) is 0 Å². The van der Waals surface area contributed by atoms with Crippen molar-refractivity contribution in [3.05, 3.63) is 29.8 Å². The first-order valence-electron chi connectivity index (χ1n) is 8.32. The average Bonchev–Trinajstić information content (AvgIpc) is 2.57. The quantitative estimate of drug-likeness (QED) is 0.696. The van der Waals surface area contributed by atoms with Crippen LogP contribution in [-0.4, -0.2) is 49.3 Å². The second-order valence-corrected chi connectivity index (χ2v) is 5.58. The van der Waals surface area contributed by atoms with Crippen molar-refractivity contribution in [2.45, 2.75) is 33.0 Å². The van der Waals surface area contributed by atoms with Crippen molar-refractivity contribution in [2.24, 2.45) is 0 Å². The molecule has 1 aromatic carbocycles. The zero-order chi connectivity index (χ0) is 19.6. The Bertz CT molecular complexity index is 590. The number of anilines is 1. The number of carbonyl (C=O) groups excluding carboxylic acids is 2. The van der Waals surface area contributed by atoms with Crippen LogP contribution in [0.5, 0.6) is 0 Å². The van der Waals surface area contributed by atoms with E-state index in [0.29, 0.717) is 5.69 Å². The molecule has 0 atom stereocenters. The van der Waals surface area contributed by atoms with Gasteiger partial charge in [0.2, 0.25) is 5.91 Å². The summed E-state index contributed by atoms with van der Waals surface area (Å²) in [6, 6.07) is 7.41. The normalized spacial score (nSPS) is 11.3. The smallest absolute Gasteiger partial charge is 0.422 e. The van der Waals surface area contributed by atoms with Crippen LogP contribution in [-0.2, 0) is 16.1 Å². The minimum absolute atomic E-state index is 0.0820. The number of halogens is 3. The van der Waals surface area contributed by atoms with Gasteiger partial charge in [-0.3, -0.25) is 9.69 Å². The molecule has 0 aliphatic carbocycles. The predicted molar refractivity (Wildman–Crippen MR) is 91.7 cm³/mol. The van der Waals surface area contributed by atoms with Gasteiger partial charge in [-0.15, -0.1) is 0 Å². The molecule has 0 aromatic heterocycles. The summed E-state index contributed by atoms with van der Waals surface area (Å²) < 4.78 is 39.7. The highest BCUT2D eigenvalue weighted by molar-refractivity contribution is 5.91. The van der Waals surface area contributed by atoms with Crippen molar-refractivity contribution in [3.63, 3.8) is 0 Å². The largest absolute Gasteiger partial charge is 0.440 e. The standard InChI is InChI=1S/C17H24F3N3O3/c1-3-23(4-2)11-13-6-5-7-14(10-13)22-15(24)8-9-21-16(25)26-12-17(18,19)20/h5-7,10H,3-4,8-9,11-12H2,1-2H3,(H,21,25)(H,22,24). The maximum Gasteiger partial charge on any atom is 0.422 e. The maximum atomic E-state index is 11.9. The van der Waals surface area contributed by atoms with E-state index in [1.54, 1.807) is 6.07 Å². The lowest BCUT2D eigenvalue weighted by Crippen LogP contribution is -2.31. The highest BCUT2D eigenvalue weighted by Gasteiger charge is 2.29. The molecule has 0 radical (unpaired) electrons. The SMILES string of the molecule is CCN(CC)Cc1cccc(NC(=O)CCNC(=O)OCC(F)(F)F)c1. The van der Waals surface area contributed by atoms with E-state index < -0.39 is 18.9 Å². The lowest BCUT2D eigenvalue weighted by atomic mass is 10.2. The Kier molecular flexibility index (Phi) is 8.91. The third-order valence-electron chi connectivity index (χ3n) is 3.50. The monoisotopic (exact) mass is 375 g/mol. The molecule has 0 spiro atoms. The highest BCUT2D eigenvalue weighted by atomic mass is 19.4. The summed E-state index contributed by atoms with van der Waals surface area (Å²) in [6.07, 6.45) is -5.87. The van der Waals surface area contributed by atoms with Crippen LogP contribution in [0.25, 0.3) is 0 Å². The molecule has 0 heterocycles. The Labute approximate surface area is 150 Å². The van der Waals surface area contributed by atoms with Crippen LogP contribution >= 0.6 is 0 Å². The fourth-order valence-corrected chi connectivity index (χ4v) is 2.15. The van der Waals surface area contributed by atoms with Gasteiger partial charge in [-0.1, -0.05) is 26.0 Å². The Morgan fingerprint density at radius 3 is 2.50 bits per heavy atom. The molecule has 6 nitrogen and oxygen atoms in total. The molecule has 0 bridgehead atoms. The molecule has 0 saturated carbocycles. The van der Waals surface area contributed by atoms with Crippen LogP contribution in [0.2, 0.25) is 0 Å². The molecular formula is C17H24F3N3O3. The number of ether oxygens (including phenoxy) is 1. The van der Waals surface area contributed by atoms with E-state index in [1.165, 1.54) is 0 Å². The number of rotatable bonds is 9. The second-order valence-electron chi connectivity index (χ2n) is 5.58. The van der Waals surface area contributed by atoms with E-state index in [-0.39, 0.29) is 18.9 Å². The number of amides is 2. The van der Waals surface area contributed by atoms with Gasteiger partial charge in [0.15, 0.2) is 6.61 Å². The molecule has 2 amide bonds. The van der Waals surface area contributed by atoms with Gasteiger partial charge in [-0.25, -0.2) is 4.79 Å². The molecule has 0 aliphatic rings. The van der Waals surface area contributed by atoms with Crippen molar-refractivity contribution in [1.29, 1.82) is 0 Å². The van der Waals surface area contributed by atoms with Crippen LogP contribution in [0.3, 0.4) is 0 Å². The molecule has 0 fully saturated rings. The van der Waals surface area contributed by atoms with Crippen LogP contribution in [0.1, 0.15) is 25.8 Å². The molecule has 2 N–H and O–H groups in total. The lowest BCUT2D eigenvalue weighted by Gasteiger charge is -2.18. The van der Waals surface area contributed by atoms with Gasteiger partial charge in [0.05, 0.1) is 0 Å². The van der Waals surface area contributed by atoms with Crippen molar-refractivity contribution in [1.82, 2.24) is 10.2 Å². The lowest BCUT2D eigenvalue weighted by molar-refractivity contribution is -0.160. The molecular weight excluding hydrogens is 351 g/mol. The number of hydrogen-bond acceptors (Lipinski definition) is 4. The summed E-state index contributed by atoms with van der Waals surface area (Å²) >= 11 is 0. The number of carbonyl (C=O) groups is 2. The zero-order valence-electron chi connectivity index (χ0n) is 14.9. The number of alkyl carbamates (subject to hydrolysis) is 1. The second kappa shape index (κ2) is 10.6. The Morgan fingerprint density at radius 1 is 1.19 bits per heavy atom. The van der Waals surface area contributed by atoms with Gasteiger partial charge < -0.3 is 15.4 Å². The molecule has 26 heavy (non-hydrogen) atoms. The Hall–Kier alpha value is -2.29. The minimum atomic E-state index is -4.58. The summed E-state index contributed by atoms with van der Waals surface area (Å²) in [4.78, 5) is 25.2. The van der Waals surface area contributed by atoms with E-state index in [9.17, 15) is 22.8 Å². The first-order valence-corrected chi connectivity index (χ1v) is 8.32. The summed E-state index contributed by atoms with van der Waals surface area (Å²) in [5, 5.41) is 4.79. The van der Waals surface area contributed by atoms with Crippen molar-refractivity contribution in [2.75, 3.05) is 31.6 Å². The summed E-state index contributed by atoms with van der Waals surface area (Å²) in [7, 11) is 0. The average molecular weight is 375 g/mol. The van der Waals surface area contributed by atoms with E-state index in [2.05, 4.69) is 34.1 Å². The van der Waals surface area contributed by atoms with Gasteiger partial charge in [0, 0.05) is 25.2 Å². The van der Waals surface area contributed by atoms with Crippen molar-refractivity contribution in [3.8, 4) is 0 Å². The molecule has 0 aliphatic heterocycles. The summed E-state index contributed by atoms with van der Waals surface area (Å²) in [5.41, 5.74) is 1.68. The Morgan fingerprint density at radius 2 is 1.88 bits per heavy atom. The van der Waals surface area contributed by atoms with E-state index in [4.69, 9.17) is 0 Å². The first-order chi connectivity index (χ1) is 12.2. The van der Waals surface area contributed by atoms with E-state index in [0.717, 1.165) is 25.2 Å². The molecule has 1 aromatic rings. The van der Waals surface area contributed by atoms with Gasteiger partial charge in [-0.2, -0.15) is 13.2 Å². The Balaban J connectivity index is 2.38. The molecule has 146 valence electrons. The fourth-order valence-electron chi connectivity index (χ4n) is 2.15. The van der Waals surface area contributed by atoms with Crippen molar-refractivity contribution < 1.29 is 27.5 Å².